The predicted octanol–water partition coefficient (Wildman–Crippen LogP) is 2.54. The number of nitrogens with zero attached hydrogens (tertiary/aromatic N) is 1. The zero-order valence-electron chi connectivity index (χ0n) is 10.9. The molecule has 1 fully saturated rings. The van der Waals surface area contributed by atoms with Crippen LogP contribution < -0.4 is 10.1 Å². The van der Waals surface area contributed by atoms with Gasteiger partial charge in [0.1, 0.15) is 11.8 Å². The van der Waals surface area contributed by atoms with Gasteiger partial charge in [-0.25, -0.2) is 9.59 Å². The van der Waals surface area contributed by atoms with E-state index in [-0.39, 0.29) is 0 Å². The van der Waals surface area contributed by atoms with Gasteiger partial charge in [-0.1, -0.05) is 15.9 Å². The number of ether oxygens (including phenoxy) is 1. The van der Waals surface area contributed by atoms with Gasteiger partial charge in [-0.3, -0.25) is 0 Å². The average Bonchev–Trinajstić information content (AvgIpc) is 2.87. The minimum Gasteiger partial charge on any atom is -0.497 e. The van der Waals surface area contributed by atoms with Crippen LogP contribution in [0.25, 0.3) is 0 Å². The minimum atomic E-state index is -0.968. The van der Waals surface area contributed by atoms with Crippen LogP contribution in [0.3, 0.4) is 0 Å². The van der Waals surface area contributed by atoms with Gasteiger partial charge in [0.25, 0.3) is 0 Å². The number of likely N-dealkylation sites (tertiary alicyclic amines) is 1. The van der Waals surface area contributed by atoms with Crippen LogP contribution in [0.4, 0.5) is 10.5 Å². The van der Waals surface area contributed by atoms with E-state index < -0.39 is 18.0 Å². The normalized spacial score (nSPS) is 17.9. The van der Waals surface area contributed by atoms with E-state index in [9.17, 15) is 9.59 Å². The molecule has 1 aliphatic rings. The fourth-order valence-electron chi connectivity index (χ4n) is 2.21. The molecule has 2 amide bonds. The Balaban J connectivity index is 2.11. The molecule has 1 aromatic rings. The molecular weight excluding hydrogens is 328 g/mol. The summed E-state index contributed by atoms with van der Waals surface area (Å²) in [5, 5.41) is 11.8. The Bertz CT molecular complexity index is 535. The maximum Gasteiger partial charge on any atom is 0.326 e. The van der Waals surface area contributed by atoms with Crippen LogP contribution in [0.1, 0.15) is 12.8 Å². The number of hydrogen-bond acceptors (Lipinski definition) is 3. The lowest BCUT2D eigenvalue weighted by Crippen LogP contribution is -2.42. The lowest BCUT2D eigenvalue weighted by Gasteiger charge is -2.22. The van der Waals surface area contributed by atoms with Crippen molar-refractivity contribution in [2.45, 2.75) is 18.9 Å². The highest BCUT2D eigenvalue weighted by molar-refractivity contribution is 9.10. The molecule has 20 heavy (non-hydrogen) atoms. The number of anilines is 1. The fraction of sp³-hybridized carbons (Fsp3) is 0.385. The molecule has 0 saturated carbocycles. The van der Waals surface area contributed by atoms with Gasteiger partial charge in [0.05, 0.1) is 7.11 Å². The topological polar surface area (TPSA) is 78.9 Å². The van der Waals surface area contributed by atoms with Crippen molar-refractivity contribution in [2.24, 2.45) is 0 Å². The van der Waals surface area contributed by atoms with Crippen LogP contribution in [0.5, 0.6) is 5.75 Å². The molecule has 0 unspecified atom stereocenters. The lowest BCUT2D eigenvalue weighted by molar-refractivity contribution is -0.141. The number of carbonyl (C=O) groups is 2. The fourth-order valence-corrected chi connectivity index (χ4v) is 2.69. The summed E-state index contributed by atoms with van der Waals surface area (Å²) >= 11 is 3.32. The molecule has 2 rings (SSSR count). The molecular formula is C13H15BrN2O4. The third kappa shape index (κ3) is 3.22. The van der Waals surface area contributed by atoms with E-state index >= 15 is 0 Å². The zero-order chi connectivity index (χ0) is 14.7. The van der Waals surface area contributed by atoms with Gasteiger partial charge >= 0.3 is 12.0 Å². The van der Waals surface area contributed by atoms with Gasteiger partial charge in [-0.15, -0.1) is 0 Å². The molecule has 1 heterocycles. The van der Waals surface area contributed by atoms with Crippen molar-refractivity contribution in [3.8, 4) is 5.75 Å². The van der Waals surface area contributed by atoms with Gasteiger partial charge in [0.15, 0.2) is 0 Å². The maximum atomic E-state index is 12.1. The Kier molecular flexibility index (Phi) is 4.49. The van der Waals surface area contributed by atoms with Gasteiger partial charge < -0.3 is 20.1 Å². The first-order valence-electron chi connectivity index (χ1n) is 6.16. The molecule has 0 radical (unpaired) electrons. The summed E-state index contributed by atoms with van der Waals surface area (Å²) in [4.78, 5) is 24.6. The molecule has 1 atom stereocenters. The molecule has 0 aliphatic carbocycles. The largest absolute Gasteiger partial charge is 0.497 e. The van der Waals surface area contributed by atoms with E-state index in [1.165, 1.54) is 12.0 Å². The molecule has 2 N–H and O–H groups in total. The Morgan fingerprint density at radius 3 is 2.85 bits per heavy atom. The number of halogens is 1. The van der Waals surface area contributed by atoms with Gasteiger partial charge in [0, 0.05) is 22.8 Å². The van der Waals surface area contributed by atoms with Gasteiger partial charge in [-0.05, 0) is 25.0 Å². The summed E-state index contributed by atoms with van der Waals surface area (Å²) in [7, 11) is 1.54. The van der Waals surface area contributed by atoms with E-state index in [1.54, 1.807) is 18.2 Å². The smallest absolute Gasteiger partial charge is 0.326 e. The van der Waals surface area contributed by atoms with Crippen LogP contribution in [0.2, 0.25) is 0 Å². The molecule has 0 bridgehead atoms. The number of amides is 2. The second kappa shape index (κ2) is 6.13. The van der Waals surface area contributed by atoms with Crippen molar-refractivity contribution in [3.05, 3.63) is 22.7 Å². The van der Waals surface area contributed by atoms with Crippen LogP contribution in [-0.2, 0) is 4.79 Å². The first-order valence-corrected chi connectivity index (χ1v) is 6.95. The van der Waals surface area contributed by atoms with E-state index in [4.69, 9.17) is 9.84 Å². The quantitative estimate of drug-likeness (QED) is 0.884. The Labute approximate surface area is 124 Å². The second-order valence-corrected chi connectivity index (χ2v) is 5.42. The number of aliphatic carboxylic acids is 1. The monoisotopic (exact) mass is 342 g/mol. The van der Waals surface area contributed by atoms with Crippen LogP contribution >= 0.6 is 15.9 Å². The summed E-state index contributed by atoms with van der Waals surface area (Å²) in [5.74, 6) is -0.365. The lowest BCUT2D eigenvalue weighted by atomic mass is 10.2. The summed E-state index contributed by atoms with van der Waals surface area (Å²) in [6.07, 6.45) is 1.19. The van der Waals surface area contributed by atoms with Crippen LogP contribution in [0, 0.1) is 0 Å². The van der Waals surface area contributed by atoms with Crippen molar-refractivity contribution < 1.29 is 19.4 Å². The molecule has 1 aliphatic heterocycles. The highest BCUT2D eigenvalue weighted by Gasteiger charge is 2.33. The number of methoxy groups -OCH3 is 1. The van der Waals surface area contributed by atoms with E-state index in [0.717, 1.165) is 4.47 Å². The number of carbonyl (C=O) groups excluding carboxylic acids is 1. The molecule has 6 nitrogen and oxygen atoms in total. The number of nitrogens with one attached hydrogen (secondary N) is 1. The third-order valence-corrected chi connectivity index (χ3v) is 3.61. The van der Waals surface area contributed by atoms with Crippen molar-refractivity contribution >= 4 is 33.6 Å². The van der Waals surface area contributed by atoms with Crippen molar-refractivity contribution in [3.63, 3.8) is 0 Å². The molecule has 1 saturated heterocycles. The Hall–Kier alpha value is -1.76. The predicted molar refractivity (Wildman–Crippen MR) is 77.1 cm³/mol. The Morgan fingerprint density at radius 1 is 1.45 bits per heavy atom. The number of hydrogen-bond donors (Lipinski definition) is 2. The molecule has 0 spiro atoms. The minimum absolute atomic E-state index is 0.407. The molecule has 0 aromatic heterocycles. The maximum absolute atomic E-state index is 12.1. The van der Waals surface area contributed by atoms with Crippen LogP contribution in [-0.4, -0.2) is 41.7 Å². The number of benzene rings is 1. The zero-order valence-corrected chi connectivity index (χ0v) is 12.5. The van der Waals surface area contributed by atoms with Crippen molar-refractivity contribution in [1.29, 1.82) is 0 Å². The van der Waals surface area contributed by atoms with Gasteiger partial charge in [0.2, 0.25) is 0 Å². The summed E-state index contributed by atoms with van der Waals surface area (Å²) in [5.41, 5.74) is 0.553. The van der Waals surface area contributed by atoms with Crippen molar-refractivity contribution in [1.82, 2.24) is 4.90 Å². The number of carboxylic acids is 1. The SMILES string of the molecule is COc1cc(Br)cc(NC(=O)N2CCC[C@@H]2C(=O)O)c1. The van der Waals surface area contributed by atoms with Crippen molar-refractivity contribution in [2.75, 3.05) is 19.0 Å². The molecule has 108 valence electrons. The second-order valence-electron chi connectivity index (χ2n) is 4.50. The van der Waals surface area contributed by atoms with E-state index in [1.807, 2.05) is 0 Å². The molecule has 1 aromatic carbocycles. The van der Waals surface area contributed by atoms with Gasteiger partial charge in [-0.2, -0.15) is 0 Å². The first kappa shape index (κ1) is 14.6. The van der Waals surface area contributed by atoms with E-state index in [2.05, 4.69) is 21.2 Å². The van der Waals surface area contributed by atoms with E-state index in [0.29, 0.717) is 30.8 Å². The number of rotatable bonds is 3. The average molecular weight is 343 g/mol. The summed E-state index contributed by atoms with van der Waals surface area (Å²) in [6, 6.07) is 4.02. The summed E-state index contributed by atoms with van der Waals surface area (Å²) in [6.45, 7) is 0.452. The third-order valence-electron chi connectivity index (χ3n) is 3.16. The number of carboxylic acid groups (broad SMARTS) is 1. The highest BCUT2D eigenvalue weighted by atomic mass is 79.9. The number of urea groups is 1. The Morgan fingerprint density at radius 2 is 2.20 bits per heavy atom. The molecule has 7 heteroatoms. The standard InChI is InChI=1S/C13H15BrN2O4/c1-20-10-6-8(14)5-9(7-10)15-13(19)16-4-2-3-11(16)12(17)18/h5-7,11H,2-4H2,1H3,(H,15,19)(H,17,18)/t11-/m1/s1. The highest BCUT2D eigenvalue weighted by Crippen LogP contribution is 2.25. The van der Waals surface area contributed by atoms with Crippen LogP contribution in [0.15, 0.2) is 22.7 Å². The summed E-state index contributed by atoms with van der Waals surface area (Å²) < 4.78 is 5.88. The first-order chi connectivity index (χ1) is 9.51.